The van der Waals surface area contributed by atoms with E-state index in [1.807, 2.05) is 0 Å². The lowest BCUT2D eigenvalue weighted by Crippen LogP contribution is -2.44. The van der Waals surface area contributed by atoms with Crippen molar-refractivity contribution >= 4 is 23.5 Å². The second-order valence-corrected chi connectivity index (χ2v) is 6.95. The molecular weight excluding hydrogens is 336 g/mol. The van der Waals surface area contributed by atoms with Gasteiger partial charge < -0.3 is 19.7 Å². The third-order valence-corrected chi connectivity index (χ3v) is 4.93. The quantitative estimate of drug-likeness (QED) is 0.850. The number of hydrogen-bond acceptors (Lipinski definition) is 6. The third kappa shape index (κ3) is 3.44. The number of fused-ring (bicyclic) bond motifs is 1. The lowest BCUT2D eigenvalue weighted by molar-refractivity contribution is -0.124. The van der Waals surface area contributed by atoms with E-state index < -0.39 is 6.04 Å². The summed E-state index contributed by atoms with van der Waals surface area (Å²) in [6, 6.07) is 4.51. The number of carbonyl (C=O) groups excluding carboxylic acids is 2. The van der Waals surface area contributed by atoms with Crippen LogP contribution < -0.4 is 20.1 Å². The molecule has 1 atom stereocenters. The van der Waals surface area contributed by atoms with Gasteiger partial charge >= 0.3 is 0 Å². The Morgan fingerprint density at radius 2 is 2.08 bits per heavy atom. The molecule has 0 aliphatic carbocycles. The van der Waals surface area contributed by atoms with Crippen molar-refractivity contribution in [3.8, 4) is 11.5 Å². The molecule has 26 heavy (non-hydrogen) atoms. The molecule has 1 aromatic carbocycles. The molecule has 1 saturated heterocycles. The lowest BCUT2D eigenvalue weighted by atomic mass is 10.00. The molecule has 0 spiro atoms. The predicted molar refractivity (Wildman–Crippen MR) is 95.1 cm³/mol. The van der Waals surface area contributed by atoms with Crippen molar-refractivity contribution in [3.05, 3.63) is 18.2 Å². The number of hydrogen-bond donors (Lipinski definition) is 2. The molecule has 8 heteroatoms. The van der Waals surface area contributed by atoms with Crippen LogP contribution in [0.5, 0.6) is 11.5 Å². The highest BCUT2D eigenvalue weighted by Crippen LogP contribution is 2.34. The predicted octanol–water partition coefficient (Wildman–Crippen LogP) is 1.33. The molecule has 8 nitrogen and oxygen atoms in total. The summed E-state index contributed by atoms with van der Waals surface area (Å²) in [4.78, 5) is 31.0. The molecule has 2 N–H and O–H groups in total. The van der Waals surface area contributed by atoms with Crippen LogP contribution in [0.15, 0.2) is 23.2 Å². The highest BCUT2D eigenvalue weighted by Gasteiger charge is 2.32. The minimum atomic E-state index is -0.682. The minimum Gasteiger partial charge on any atom is -0.454 e. The monoisotopic (exact) mass is 358 g/mol. The molecular formula is C18H22N4O4. The third-order valence-electron chi connectivity index (χ3n) is 4.93. The first-order valence-electron chi connectivity index (χ1n) is 8.91. The normalized spacial score (nSPS) is 22.2. The van der Waals surface area contributed by atoms with E-state index in [2.05, 4.69) is 27.4 Å². The maximum atomic E-state index is 12.3. The maximum Gasteiger partial charge on any atom is 0.252 e. The van der Waals surface area contributed by atoms with E-state index in [1.165, 1.54) is 0 Å². The van der Waals surface area contributed by atoms with E-state index in [1.54, 1.807) is 18.2 Å². The van der Waals surface area contributed by atoms with Crippen LogP contribution >= 0.6 is 0 Å². The van der Waals surface area contributed by atoms with Crippen molar-refractivity contribution in [1.29, 1.82) is 0 Å². The van der Waals surface area contributed by atoms with Crippen LogP contribution in [-0.2, 0) is 9.59 Å². The molecule has 1 aromatic rings. The first-order chi connectivity index (χ1) is 12.6. The van der Waals surface area contributed by atoms with Crippen LogP contribution in [-0.4, -0.2) is 48.6 Å². The number of guanidine groups is 1. The molecule has 0 saturated carbocycles. The summed E-state index contributed by atoms with van der Waals surface area (Å²) in [6.07, 6.45) is 2.18. The minimum absolute atomic E-state index is 0.00795. The fraction of sp³-hybridized carbons (Fsp3) is 0.500. The van der Waals surface area contributed by atoms with Crippen molar-refractivity contribution < 1.29 is 19.1 Å². The molecule has 0 bridgehead atoms. The van der Waals surface area contributed by atoms with Crippen molar-refractivity contribution in [1.82, 2.24) is 10.2 Å². The first kappa shape index (κ1) is 16.7. The van der Waals surface area contributed by atoms with Crippen molar-refractivity contribution in [2.75, 3.05) is 25.2 Å². The maximum absolute atomic E-state index is 12.3. The number of aliphatic imine (C=N–C) groups is 1. The Labute approximate surface area is 151 Å². The van der Waals surface area contributed by atoms with Gasteiger partial charge in [0.1, 0.15) is 6.04 Å². The highest BCUT2D eigenvalue weighted by molar-refractivity contribution is 6.07. The van der Waals surface area contributed by atoms with Gasteiger partial charge in [0.15, 0.2) is 11.5 Å². The summed E-state index contributed by atoms with van der Waals surface area (Å²) in [7, 11) is 0. The van der Waals surface area contributed by atoms with E-state index in [4.69, 9.17) is 9.47 Å². The topological polar surface area (TPSA) is 92.3 Å². The van der Waals surface area contributed by atoms with E-state index >= 15 is 0 Å². The number of nitrogens with one attached hydrogen (secondary N) is 2. The van der Waals surface area contributed by atoms with E-state index in [-0.39, 0.29) is 25.0 Å². The van der Waals surface area contributed by atoms with Crippen LogP contribution in [0.1, 0.15) is 26.2 Å². The van der Waals surface area contributed by atoms with Crippen LogP contribution in [0, 0.1) is 5.92 Å². The smallest absolute Gasteiger partial charge is 0.252 e. The number of rotatable bonds is 3. The Balaban J connectivity index is 1.35. The Hall–Kier alpha value is -2.77. The average Bonchev–Trinajstić information content (AvgIpc) is 3.22. The Kier molecular flexibility index (Phi) is 4.40. The number of carbonyl (C=O) groups is 2. The number of anilines is 1. The van der Waals surface area contributed by atoms with Crippen LogP contribution in [0.2, 0.25) is 0 Å². The zero-order chi connectivity index (χ0) is 18.1. The molecule has 0 aromatic heterocycles. The second kappa shape index (κ2) is 6.86. The summed E-state index contributed by atoms with van der Waals surface area (Å²) in [5, 5.41) is 5.59. The van der Waals surface area contributed by atoms with Gasteiger partial charge in [0, 0.05) is 24.8 Å². The number of benzene rings is 1. The van der Waals surface area contributed by atoms with Gasteiger partial charge in [0.2, 0.25) is 18.7 Å². The highest BCUT2D eigenvalue weighted by atomic mass is 16.7. The molecule has 4 rings (SSSR count). The molecule has 1 fully saturated rings. The molecule has 3 heterocycles. The molecule has 0 radical (unpaired) electrons. The fourth-order valence-corrected chi connectivity index (χ4v) is 3.31. The zero-order valence-corrected chi connectivity index (χ0v) is 14.7. The molecule has 3 aliphatic rings. The van der Waals surface area contributed by atoms with Gasteiger partial charge in [-0.15, -0.1) is 0 Å². The Morgan fingerprint density at radius 3 is 2.88 bits per heavy atom. The Bertz CT molecular complexity index is 756. The van der Waals surface area contributed by atoms with Gasteiger partial charge in [-0.2, -0.15) is 0 Å². The Morgan fingerprint density at radius 1 is 1.31 bits per heavy atom. The molecule has 2 amide bonds. The summed E-state index contributed by atoms with van der Waals surface area (Å²) >= 11 is 0. The number of likely N-dealkylation sites (tertiary alicyclic amines) is 1. The number of ether oxygens (including phenoxy) is 2. The largest absolute Gasteiger partial charge is 0.454 e. The average molecular weight is 358 g/mol. The molecule has 3 aliphatic heterocycles. The van der Waals surface area contributed by atoms with Crippen LogP contribution in [0.4, 0.5) is 5.69 Å². The van der Waals surface area contributed by atoms with Gasteiger partial charge in [0.25, 0.3) is 5.91 Å². The van der Waals surface area contributed by atoms with Crippen molar-refractivity contribution in [2.45, 2.75) is 32.2 Å². The summed E-state index contributed by atoms with van der Waals surface area (Å²) in [5.74, 6) is 2.07. The zero-order valence-electron chi connectivity index (χ0n) is 14.7. The summed E-state index contributed by atoms with van der Waals surface area (Å²) in [5.41, 5.74) is 0.604. The number of nitrogens with zero attached hydrogens (tertiary/aromatic N) is 2. The number of amides is 2. The second-order valence-electron chi connectivity index (χ2n) is 6.95. The number of piperidine rings is 1. The first-order valence-corrected chi connectivity index (χ1v) is 8.91. The van der Waals surface area contributed by atoms with E-state index in [0.29, 0.717) is 29.1 Å². The molecule has 0 unspecified atom stereocenters. The van der Waals surface area contributed by atoms with E-state index in [0.717, 1.165) is 25.9 Å². The van der Waals surface area contributed by atoms with E-state index in [9.17, 15) is 9.59 Å². The fourth-order valence-electron chi connectivity index (χ4n) is 3.31. The van der Waals surface area contributed by atoms with Gasteiger partial charge in [-0.25, -0.2) is 4.99 Å². The van der Waals surface area contributed by atoms with Gasteiger partial charge in [-0.05, 0) is 30.9 Å². The summed E-state index contributed by atoms with van der Waals surface area (Å²) < 4.78 is 10.5. The standard InChI is InChI=1S/C18H22N4O4/c1-11-4-6-22(7-5-11)18-20-13(17(24)21-18)9-16(23)19-12-2-3-14-15(8-12)26-10-25-14/h2-3,8,11,13H,4-7,9-10H2,1H3,(H,19,23)(H,20,21,24)/t13-/m1/s1. The van der Waals surface area contributed by atoms with Crippen LogP contribution in [0.25, 0.3) is 0 Å². The molecule has 138 valence electrons. The van der Waals surface area contributed by atoms with Gasteiger partial charge in [-0.3, -0.25) is 14.9 Å². The van der Waals surface area contributed by atoms with Crippen molar-refractivity contribution in [3.63, 3.8) is 0 Å². The lowest BCUT2D eigenvalue weighted by Gasteiger charge is -2.31. The van der Waals surface area contributed by atoms with Crippen LogP contribution in [0.3, 0.4) is 0 Å². The van der Waals surface area contributed by atoms with Gasteiger partial charge in [0.05, 0.1) is 6.42 Å². The summed E-state index contributed by atoms with van der Waals surface area (Å²) in [6.45, 7) is 4.18. The van der Waals surface area contributed by atoms with Crippen molar-refractivity contribution in [2.24, 2.45) is 10.9 Å². The van der Waals surface area contributed by atoms with Gasteiger partial charge in [-0.1, -0.05) is 6.92 Å². The SMILES string of the molecule is CC1CCN(C2=N[C@H](CC(=O)Nc3ccc4c(c3)OCO4)C(=O)N2)CC1.